The Kier molecular flexibility index (Phi) is 6.59. The molecular formula is C38H33NO2. The molecule has 3 heteroatoms. The molecule has 0 amide bonds. The van der Waals surface area contributed by atoms with E-state index in [2.05, 4.69) is 78.7 Å². The van der Waals surface area contributed by atoms with Crippen molar-refractivity contribution in [1.82, 2.24) is 4.57 Å². The Hall–Kier alpha value is -4.89. The first-order valence-corrected chi connectivity index (χ1v) is 14.0. The number of aliphatic hydroxyl groups is 1. The average Bonchev–Trinajstić information content (AvgIpc) is 3.26. The van der Waals surface area contributed by atoms with Gasteiger partial charge in [-0.05, 0) is 90.4 Å². The highest BCUT2D eigenvalue weighted by Crippen LogP contribution is 2.47. The number of fused-ring (bicyclic) bond motifs is 1. The normalized spacial score (nSPS) is 14.4. The monoisotopic (exact) mass is 535 g/mol. The van der Waals surface area contributed by atoms with Gasteiger partial charge in [0.2, 0.25) is 5.78 Å². The predicted octanol–water partition coefficient (Wildman–Crippen LogP) is 9.49. The van der Waals surface area contributed by atoms with Gasteiger partial charge in [0.05, 0.1) is 11.1 Å². The predicted molar refractivity (Wildman–Crippen MR) is 171 cm³/mol. The average molecular weight is 536 g/mol. The van der Waals surface area contributed by atoms with E-state index in [1.54, 1.807) is 0 Å². The fourth-order valence-corrected chi connectivity index (χ4v) is 6.16. The maximum atomic E-state index is 14.1. The molecule has 0 saturated carbocycles. The van der Waals surface area contributed by atoms with Crippen LogP contribution in [-0.2, 0) is 11.3 Å². The minimum atomic E-state index is -0.145. The van der Waals surface area contributed by atoms with E-state index in [9.17, 15) is 9.90 Å². The molecule has 1 N–H and O–H groups in total. The highest BCUT2D eigenvalue weighted by atomic mass is 16.3. The fraction of sp³-hybridized carbons (Fsp3) is 0.132. The van der Waals surface area contributed by atoms with Crippen molar-refractivity contribution in [2.24, 2.45) is 0 Å². The van der Waals surface area contributed by atoms with Crippen molar-refractivity contribution in [3.8, 4) is 22.3 Å². The zero-order valence-corrected chi connectivity index (χ0v) is 24.0. The first-order chi connectivity index (χ1) is 19.8. The first kappa shape index (κ1) is 26.3. The highest BCUT2D eigenvalue weighted by Gasteiger charge is 2.40. The third-order valence-corrected chi connectivity index (χ3v) is 8.22. The molecule has 0 spiro atoms. The number of allylic oxidation sites excluding steroid dienone is 4. The summed E-state index contributed by atoms with van der Waals surface area (Å²) in [7, 11) is 0. The maximum absolute atomic E-state index is 14.1. The number of ketones is 1. The standard InChI is InChI=1S/C38H33NO2/c1-6-39-25(5)34(31-22-29(19-20-32(31)39)27-15-11-8-12-16-27)36-37(40)35(38(36)41)33(23(2)3)30-21-28(18-17-24(30)4)26-13-9-7-10-14-26/h7-22,40H,2,6H2,1,3-5H3/b35-33+. The van der Waals surface area contributed by atoms with E-state index in [1.165, 1.54) is 0 Å². The lowest BCUT2D eigenvalue weighted by Gasteiger charge is -2.26. The summed E-state index contributed by atoms with van der Waals surface area (Å²) in [6, 6.07) is 33.0. The van der Waals surface area contributed by atoms with Crippen molar-refractivity contribution in [3.05, 3.63) is 143 Å². The summed E-state index contributed by atoms with van der Waals surface area (Å²) in [4.78, 5) is 14.1. The number of aliphatic hydroxyl groups excluding tert-OH is 1. The van der Waals surface area contributed by atoms with Gasteiger partial charge in [-0.2, -0.15) is 0 Å². The van der Waals surface area contributed by atoms with Gasteiger partial charge in [-0.3, -0.25) is 4.79 Å². The van der Waals surface area contributed by atoms with Gasteiger partial charge >= 0.3 is 0 Å². The molecule has 0 saturated heterocycles. The maximum Gasteiger partial charge on any atom is 0.201 e. The van der Waals surface area contributed by atoms with E-state index in [0.717, 1.165) is 67.7 Å². The molecule has 1 aliphatic rings. The minimum absolute atomic E-state index is 0.0425. The Morgan fingerprint density at radius 2 is 1.39 bits per heavy atom. The van der Waals surface area contributed by atoms with Gasteiger partial charge in [-0.1, -0.05) is 85.4 Å². The minimum Gasteiger partial charge on any atom is -0.506 e. The van der Waals surface area contributed by atoms with Gasteiger partial charge in [-0.25, -0.2) is 0 Å². The summed E-state index contributed by atoms with van der Waals surface area (Å²) in [5, 5.41) is 12.6. The molecule has 202 valence electrons. The van der Waals surface area contributed by atoms with Crippen molar-refractivity contribution in [2.75, 3.05) is 0 Å². The number of carbonyl (C=O) groups excluding carboxylic acids is 1. The molecule has 3 nitrogen and oxygen atoms in total. The third-order valence-electron chi connectivity index (χ3n) is 8.22. The van der Waals surface area contributed by atoms with Crippen LogP contribution in [0.1, 0.15) is 36.2 Å². The molecule has 0 aliphatic heterocycles. The number of carbonyl (C=O) groups is 1. The molecule has 4 aromatic carbocycles. The number of benzene rings is 4. The van der Waals surface area contributed by atoms with Crippen LogP contribution in [0.5, 0.6) is 0 Å². The molecule has 0 radical (unpaired) electrons. The van der Waals surface area contributed by atoms with Crippen molar-refractivity contribution in [1.29, 1.82) is 0 Å². The molecule has 0 unspecified atom stereocenters. The van der Waals surface area contributed by atoms with Crippen molar-refractivity contribution in [3.63, 3.8) is 0 Å². The molecule has 0 bridgehead atoms. The topological polar surface area (TPSA) is 42.2 Å². The van der Waals surface area contributed by atoms with Crippen LogP contribution >= 0.6 is 0 Å². The molecular weight excluding hydrogens is 502 g/mol. The summed E-state index contributed by atoms with van der Waals surface area (Å²) in [6.45, 7) is 13.1. The van der Waals surface area contributed by atoms with Crippen LogP contribution in [0.25, 0.3) is 44.3 Å². The second-order valence-corrected chi connectivity index (χ2v) is 10.8. The number of rotatable bonds is 6. The van der Waals surface area contributed by atoms with E-state index in [-0.39, 0.29) is 11.5 Å². The second-order valence-electron chi connectivity index (χ2n) is 10.8. The van der Waals surface area contributed by atoms with Crippen LogP contribution in [0.3, 0.4) is 0 Å². The van der Waals surface area contributed by atoms with Crippen molar-refractivity contribution in [2.45, 2.75) is 34.2 Å². The van der Waals surface area contributed by atoms with Crippen LogP contribution in [0.2, 0.25) is 0 Å². The molecule has 1 aromatic heterocycles. The number of Topliss-reactive ketones (excluding diaryl/α,β-unsaturated/α-hetero) is 1. The summed E-state index contributed by atoms with van der Waals surface area (Å²) in [5.74, 6) is -0.103. The Bertz CT molecular complexity index is 1920. The van der Waals surface area contributed by atoms with Gasteiger partial charge in [0, 0.05) is 28.7 Å². The number of nitrogens with zero attached hydrogens (tertiary/aromatic N) is 1. The molecule has 5 aromatic rings. The lowest BCUT2D eigenvalue weighted by atomic mass is 9.76. The lowest BCUT2D eigenvalue weighted by molar-refractivity contribution is -0.111. The lowest BCUT2D eigenvalue weighted by Crippen LogP contribution is -2.23. The quantitative estimate of drug-likeness (QED) is 0.220. The molecule has 0 fully saturated rings. The fourth-order valence-electron chi connectivity index (χ4n) is 6.16. The van der Waals surface area contributed by atoms with E-state index < -0.39 is 0 Å². The zero-order chi connectivity index (χ0) is 28.8. The SMILES string of the molecule is C=C(C)/C(=C1\C(=O)C(c2c(C)n(CC)c3ccc(-c4ccccc4)cc23)=C1O)c1cc(-c2ccccc2)ccc1C. The molecule has 1 aliphatic carbocycles. The van der Waals surface area contributed by atoms with E-state index in [4.69, 9.17) is 0 Å². The zero-order valence-electron chi connectivity index (χ0n) is 24.0. The van der Waals surface area contributed by atoms with E-state index in [1.807, 2.05) is 57.2 Å². The van der Waals surface area contributed by atoms with Gasteiger partial charge in [0.15, 0.2) is 0 Å². The van der Waals surface area contributed by atoms with E-state index >= 15 is 0 Å². The summed E-state index contributed by atoms with van der Waals surface area (Å²) >= 11 is 0. The summed E-state index contributed by atoms with van der Waals surface area (Å²) in [6.07, 6.45) is 0. The van der Waals surface area contributed by atoms with Crippen LogP contribution < -0.4 is 0 Å². The van der Waals surface area contributed by atoms with Crippen LogP contribution in [0, 0.1) is 13.8 Å². The number of aryl methyl sites for hydroxylation is 2. The highest BCUT2D eigenvalue weighted by molar-refractivity contribution is 6.43. The number of hydrogen-bond acceptors (Lipinski definition) is 2. The molecule has 41 heavy (non-hydrogen) atoms. The molecule has 0 atom stereocenters. The van der Waals surface area contributed by atoms with Crippen molar-refractivity contribution < 1.29 is 9.90 Å². The van der Waals surface area contributed by atoms with E-state index in [0.29, 0.717) is 16.7 Å². The largest absolute Gasteiger partial charge is 0.506 e. The van der Waals surface area contributed by atoms with Gasteiger partial charge < -0.3 is 9.67 Å². The third kappa shape index (κ3) is 4.25. The second kappa shape index (κ2) is 10.3. The van der Waals surface area contributed by atoms with Crippen LogP contribution in [-0.4, -0.2) is 15.5 Å². The van der Waals surface area contributed by atoms with Crippen molar-refractivity contribution >= 4 is 27.8 Å². The Balaban J connectivity index is 1.56. The Morgan fingerprint density at radius 3 is 1.95 bits per heavy atom. The van der Waals surface area contributed by atoms with Gasteiger partial charge in [0.25, 0.3) is 0 Å². The molecule has 6 rings (SSSR count). The van der Waals surface area contributed by atoms with Crippen LogP contribution in [0.15, 0.2) is 121 Å². The summed E-state index contributed by atoms with van der Waals surface area (Å²) in [5.41, 5.74) is 11.3. The Labute approximate surface area is 241 Å². The number of aromatic nitrogens is 1. The summed E-state index contributed by atoms with van der Waals surface area (Å²) < 4.78 is 2.21. The smallest absolute Gasteiger partial charge is 0.201 e. The van der Waals surface area contributed by atoms with Gasteiger partial charge in [-0.15, -0.1) is 0 Å². The van der Waals surface area contributed by atoms with Crippen LogP contribution in [0.4, 0.5) is 0 Å². The Morgan fingerprint density at radius 1 is 0.805 bits per heavy atom. The first-order valence-electron chi connectivity index (χ1n) is 14.0. The molecule has 1 heterocycles. The number of hydrogen-bond donors (Lipinski definition) is 1. The van der Waals surface area contributed by atoms with Gasteiger partial charge in [0.1, 0.15) is 5.76 Å².